The van der Waals surface area contributed by atoms with Crippen LogP contribution in [0.1, 0.15) is 12.5 Å². The highest BCUT2D eigenvalue weighted by Crippen LogP contribution is 2.00. The van der Waals surface area contributed by atoms with Gasteiger partial charge in [0.15, 0.2) is 0 Å². The number of hydrogen-bond acceptors (Lipinski definition) is 4. The van der Waals surface area contributed by atoms with Crippen LogP contribution in [0.2, 0.25) is 0 Å². The molecule has 97 valence electrons. The predicted molar refractivity (Wildman–Crippen MR) is 69.6 cm³/mol. The lowest BCUT2D eigenvalue weighted by Gasteiger charge is -2.04. The van der Waals surface area contributed by atoms with Gasteiger partial charge in [0.05, 0.1) is 0 Å². The second-order valence-electron chi connectivity index (χ2n) is 3.13. The zero-order valence-electron chi connectivity index (χ0n) is 10.2. The minimum atomic E-state index is -0.392. The summed E-state index contributed by atoms with van der Waals surface area (Å²) >= 11 is 0. The zero-order valence-corrected chi connectivity index (χ0v) is 10.2. The van der Waals surface area contributed by atoms with Crippen molar-refractivity contribution in [3.05, 3.63) is 48.0 Å². The Hall–Kier alpha value is -1.79. The molecule has 3 N–H and O–H groups in total. The number of alkyl carbamates (subject to hydrolysis) is 1. The molecule has 1 aromatic carbocycles. The summed E-state index contributed by atoms with van der Waals surface area (Å²) in [5, 5.41) is 16.6. The first-order valence-corrected chi connectivity index (χ1v) is 5.40. The van der Waals surface area contributed by atoms with Crippen LogP contribution >= 0.6 is 0 Å². The lowest BCUT2D eigenvalue weighted by molar-refractivity contribution is 0.140. The van der Waals surface area contributed by atoms with Crippen molar-refractivity contribution in [2.24, 2.45) is 0 Å². The smallest absolute Gasteiger partial charge is 0.445 e. The lowest BCUT2D eigenvalue weighted by atomic mass is 10.2. The minimum Gasteiger partial charge on any atom is -0.445 e. The van der Waals surface area contributed by atoms with Crippen molar-refractivity contribution in [1.82, 2.24) is 5.32 Å². The average Bonchev–Trinajstić information content (AvgIpc) is 2.39. The molecule has 0 aromatic heterocycles. The van der Waals surface area contributed by atoms with Crippen LogP contribution in [0.4, 0.5) is 4.79 Å². The molecule has 0 aliphatic heterocycles. The molecule has 0 fully saturated rings. The minimum absolute atomic E-state index is 0. The molecule has 1 radical (unpaired) electrons. The second-order valence-corrected chi connectivity index (χ2v) is 3.13. The van der Waals surface area contributed by atoms with Gasteiger partial charge in [-0.05, 0) is 12.5 Å². The Morgan fingerprint density at radius 2 is 2.00 bits per heavy atom. The standard InChI is InChI=1S/C12H15NO2.BH2O2/c1-2-3-9-13-12(14)15-10-11-7-5-4-6-8-11;2-1-3/h2-8H,9-10H2,1H3,(H,13,14);2-3H. The molecular formula is C12H17BNO4. The molecular weight excluding hydrogens is 233 g/mol. The number of allylic oxidation sites excluding steroid dienone is 1. The monoisotopic (exact) mass is 250 g/mol. The lowest BCUT2D eigenvalue weighted by Crippen LogP contribution is -2.24. The van der Waals surface area contributed by atoms with Crippen LogP contribution < -0.4 is 5.32 Å². The Bertz CT molecular complexity index is 343. The van der Waals surface area contributed by atoms with Gasteiger partial charge in [-0.3, -0.25) is 0 Å². The SMILES string of the molecule is CC=CCNC(=O)OCc1ccccc1.O[B]O. The van der Waals surface area contributed by atoms with E-state index in [1.165, 1.54) is 0 Å². The summed E-state index contributed by atoms with van der Waals surface area (Å²) in [4.78, 5) is 11.1. The maximum atomic E-state index is 11.1. The van der Waals surface area contributed by atoms with Crippen LogP contribution in [0, 0.1) is 0 Å². The maximum Gasteiger partial charge on any atom is 0.482 e. The Kier molecular flexibility index (Phi) is 10.5. The highest BCUT2D eigenvalue weighted by Gasteiger charge is 1.99. The third-order valence-corrected chi connectivity index (χ3v) is 1.81. The van der Waals surface area contributed by atoms with E-state index >= 15 is 0 Å². The van der Waals surface area contributed by atoms with Gasteiger partial charge in [-0.1, -0.05) is 42.5 Å². The third-order valence-electron chi connectivity index (χ3n) is 1.81. The van der Waals surface area contributed by atoms with Crippen LogP contribution in [0.25, 0.3) is 0 Å². The molecule has 0 saturated carbocycles. The van der Waals surface area contributed by atoms with Gasteiger partial charge >= 0.3 is 13.8 Å². The predicted octanol–water partition coefficient (Wildman–Crippen LogP) is 0.994. The Morgan fingerprint density at radius 1 is 1.39 bits per heavy atom. The summed E-state index contributed by atoms with van der Waals surface area (Å²) in [5.74, 6) is 0. The third kappa shape index (κ3) is 9.44. The number of amides is 1. The molecule has 0 aliphatic rings. The fourth-order valence-electron chi connectivity index (χ4n) is 1.03. The zero-order chi connectivity index (χ0) is 13.6. The van der Waals surface area contributed by atoms with E-state index in [1.807, 2.05) is 49.4 Å². The van der Waals surface area contributed by atoms with E-state index in [1.54, 1.807) is 0 Å². The average molecular weight is 250 g/mol. The highest BCUT2D eigenvalue weighted by atomic mass is 16.5. The van der Waals surface area contributed by atoms with Crippen molar-refractivity contribution in [3.63, 3.8) is 0 Å². The van der Waals surface area contributed by atoms with Crippen molar-refractivity contribution in [2.75, 3.05) is 6.54 Å². The molecule has 18 heavy (non-hydrogen) atoms. The molecule has 0 bridgehead atoms. The van der Waals surface area contributed by atoms with Gasteiger partial charge in [0.1, 0.15) is 6.61 Å². The van der Waals surface area contributed by atoms with Crippen LogP contribution in [0.5, 0.6) is 0 Å². The van der Waals surface area contributed by atoms with Gasteiger partial charge in [0.25, 0.3) is 0 Å². The van der Waals surface area contributed by atoms with Gasteiger partial charge in [-0.15, -0.1) is 0 Å². The van der Waals surface area contributed by atoms with E-state index in [4.69, 9.17) is 14.8 Å². The molecule has 5 nitrogen and oxygen atoms in total. The molecule has 1 amide bonds. The molecule has 0 heterocycles. The number of ether oxygens (including phenoxy) is 1. The molecule has 0 unspecified atom stereocenters. The topological polar surface area (TPSA) is 78.8 Å². The van der Waals surface area contributed by atoms with Crippen LogP contribution in [0.15, 0.2) is 42.5 Å². The number of benzene rings is 1. The molecule has 0 spiro atoms. The van der Waals surface area contributed by atoms with E-state index in [-0.39, 0.29) is 7.69 Å². The molecule has 6 heteroatoms. The van der Waals surface area contributed by atoms with Gasteiger partial charge in [-0.2, -0.15) is 0 Å². The quantitative estimate of drug-likeness (QED) is 0.550. The summed E-state index contributed by atoms with van der Waals surface area (Å²) in [7, 11) is 0. The molecule has 1 rings (SSSR count). The van der Waals surface area contributed by atoms with E-state index in [0.717, 1.165) is 5.56 Å². The number of carbonyl (C=O) groups excluding carboxylic acids is 1. The largest absolute Gasteiger partial charge is 0.482 e. The van der Waals surface area contributed by atoms with Crippen molar-refractivity contribution in [2.45, 2.75) is 13.5 Å². The molecule has 0 atom stereocenters. The van der Waals surface area contributed by atoms with E-state index < -0.39 is 6.09 Å². The first kappa shape index (κ1) is 16.2. The van der Waals surface area contributed by atoms with E-state index in [2.05, 4.69) is 5.32 Å². The highest BCUT2D eigenvalue weighted by molar-refractivity contribution is 6.13. The van der Waals surface area contributed by atoms with Crippen molar-refractivity contribution in [1.29, 1.82) is 0 Å². The first-order valence-electron chi connectivity index (χ1n) is 5.40. The normalized spacial score (nSPS) is 9.28. The van der Waals surface area contributed by atoms with Crippen LogP contribution in [-0.2, 0) is 11.3 Å². The Morgan fingerprint density at radius 3 is 2.56 bits per heavy atom. The number of carbonyl (C=O) groups is 1. The molecule has 1 aromatic rings. The number of rotatable bonds is 4. The fourth-order valence-corrected chi connectivity index (χ4v) is 1.03. The van der Waals surface area contributed by atoms with Gasteiger partial charge in [0, 0.05) is 6.54 Å². The summed E-state index contributed by atoms with van der Waals surface area (Å²) in [6.45, 7) is 2.71. The van der Waals surface area contributed by atoms with E-state index in [0.29, 0.717) is 13.2 Å². The first-order chi connectivity index (χ1) is 8.74. The van der Waals surface area contributed by atoms with Gasteiger partial charge in [-0.25, -0.2) is 4.79 Å². The van der Waals surface area contributed by atoms with Crippen LogP contribution in [0.3, 0.4) is 0 Å². The summed E-state index contributed by atoms with van der Waals surface area (Å²) in [6.07, 6.45) is 3.33. The Balaban J connectivity index is 0.000000873. The summed E-state index contributed by atoms with van der Waals surface area (Å²) in [6, 6.07) is 9.58. The second kappa shape index (κ2) is 11.7. The number of nitrogens with one attached hydrogen (secondary N) is 1. The van der Waals surface area contributed by atoms with E-state index in [9.17, 15) is 4.79 Å². The number of hydrogen-bond donors (Lipinski definition) is 3. The van der Waals surface area contributed by atoms with Gasteiger partial charge < -0.3 is 20.1 Å². The molecule has 0 aliphatic carbocycles. The summed E-state index contributed by atoms with van der Waals surface area (Å²) in [5.41, 5.74) is 0.985. The Labute approximate surface area is 107 Å². The van der Waals surface area contributed by atoms with Crippen molar-refractivity contribution in [3.8, 4) is 0 Å². The fraction of sp³-hybridized carbons (Fsp3) is 0.250. The molecule has 0 saturated heterocycles. The van der Waals surface area contributed by atoms with Crippen molar-refractivity contribution < 1.29 is 19.6 Å². The van der Waals surface area contributed by atoms with Gasteiger partial charge in [0.2, 0.25) is 0 Å². The van der Waals surface area contributed by atoms with Crippen LogP contribution in [-0.4, -0.2) is 30.4 Å². The van der Waals surface area contributed by atoms with Crippen molar-refractivity contribution >= 4 is 13.8 Å². The summed E-state index contributed by atoms with van der Waals surface area (Å²) < 4.78 is 4.99. The maximum absolute atomic E-state index is 11.1.